The fraction of sp³-hybridized carbons (Fsp3) is 0.0769. The molecule has 0 fully saturated rings. The summed E-state index contributed by atoms with van der Waals surface area (Å²) < 4.78 is 0. The minimum Gasteiger partial charge on any atom is -0.478 e. The van der Waals surface area contributed by atoms with Crippen LogP contribution in [-0.4, -0.2) is 21.2 Å². The third kappa shape index (κ3) is 2.50. The van der Waals surface area contributed by atoms with E-state index in [0.29, 0.717) is 11.1 Å². The first-order chi connectivity index (χ1) is 8.61. The van der Waals surface area contributed by atoms with Crippen LogP contribution in [0.15, 0.2) is 36.5 Å². The number of nitrogens with zero attached hydrogens (tertiary/aromatic N) is 1. The summed E-state index contributed by atoms with van der Waals surface area (Å²) in [4.78, 5) is 15.0. The summed E-state index contributed by atoms with van der Waals surface area (Å²) in [5.74, 6) is -1.06. The Morgan fingerprint density at radius 2 is 1.94 bits per heavy atom. The molecule has 0 unspecified atom stereocenters. The number of aliphatic hydroxyl groups is 1. The fourth-order valence-electron chi connectivity index (χ4n) is 1.63. The minimum atomic E-state index is -1.06. The molecule has 92 valence electrons. The number of hydrogen-bond donors (Lipinski definition) is 2. The number of aromatic carboxylic acids is 1. The summed E-state index contributed by atoms with van der Waals surface area (Å²) in [6.07, 6.45) is 1.43. The molecule has 0 saturated carbocycles. The van der Waals surface area contributed by atoms with E-state index in [4.69, 9.17) is 21.8 Å². The van der Waals surface area contributed by atoms with E-state index in [2.05, 4.69) is 4.98 Å². The molecule has 1 heterocycles. The molecule has 0 aliphatic rings. The molecule has 2 N–H and O–H groups in total. The Labute approximate surface area is 108 Å². The first-order valence-electron chi connectivity index (χ1n) is 5.21. The number of benzene rings is 1. The second-order valence-corrected chi connectivity index (χ2v) is 4.10. The normalized spacial score (nSPS) is 10.3. The van der Waals surface area contributed by atoms with Gasteiger partial charge in [0.25, 0.3) is 0 Å². The van der Waals surface area contributed by atoms with Crippen LogP contribution in [0.2, 0.25) is 5.15 Å². The van der Waals surface area contributed by atoms with E-state index in [-0.39, 0.29) is 17.3 Å². The minimum absolute atomic E-state index is 0.0507. The predicted octanol–water partition coefficient (Wildman–Crippen LogP) is 2.59. The second-order valence-electron chi connectivity index (χ2n) is 3.71. The van der Waals surface area contributed by atoms with Crippen LogP contribution in [-0.2, 0) is 6.61 Å². The van der Waals surface area contributed by atoms with Crippen molar-refractivity contribution in [3.05, 3.63) is 52.8 Å². The maximum Gasteiger partial charge on any atom is 0.336 e. The van der Waals surface area contributed by atoms with Gasteiger partial charge in [0.1, 0.15) is 5.15 Å². The van der Waals surface area contributed by atoms with Crippen molar-refractivity contribution in [2.24, 2.45) is 0 Å². The molecule has 0 bridgehead atoms. The lowest BCUT2D eigenvalue weighted by Crippen LogP contribution is -2.00. The first-order valence-corrected chi connectivity index (χ1v) is 5.58. The molecule has 2 aromatic rings. The van der Waals surface area contributed by atoms with Crippen LogP contribution >= 0.6 is 11.6 Å². The molecule has 5 heteroatoms. The van der Waals surface area contributed by atoms with Gasteiger partial charge in [-0.1, -0.05) is 35.9 Å². The van der Waals surface area contributed by atoms with Crippen LogP contribution in [0, 0.1) is 0 Å². The Morgan fingerprint density at radius 1 is 1.28 bits per heavy atom. The first kappa shape index (κ1) is 12.5. The Kier molecular flexibility index (Phi) is 3.60. The number of aromatic nitrogens is 1. The van der Waals surface area contributed by atoms with Gasteiger partial charge in [0, 0.05) is 11.8 Å². The average Bonchev–Trinajstić information content (AvgIpc) is 2.39. The zero-order chi connectivity index (χ0) is 13.1. The van der Waals surface area contributed by atoms with Crippen LogP contribution in [0.25, 0.3) is 11.1 Å². The van der Waals surface area contributed by atoms with Crippen molar-refractivity contribution < 1.29 is 15.0 Å². The summed E-state index contributed by atoms with van der Waals surface area (Å²) in [5.41, 5.74) is 2.08. The molecule has 0 amide bonds. The molecule has 1 aromatic carbocycles. The zero-order valence-electron chi connectivity index (χ0n) is 9.30. The van der Waals surface area contributed by atoms with Crippen molar-refractivity contribution in [3.8, 4) is 11.1 Å². The highest BCUT2D eigenvalue weighted by atomic mass is 35.5. The second kappa shape index (κ2) is 5.16. The highest BCUT2D eigenvalue weighted by Crippen LogP contribution is 2.25. The fourth-order valence-corrected chi connectivity index (χ4v) is 1.78. The van der Waals surface area contributed by atoms with Gasteiger partial charge >= 0.3 is 5.97 Å². The highest BCUT2D eigenvalue weighted by Gasteiger charge is 2.13. The average molecular weight is 264 g/mol. The number of halogens is 1. The Bertz CT molecular complexity index is 581. The molecule has 0 atom stereocenters. The molecule has 0 spiro atoms. The van der Waals surface area contributed by atoms with Crippen molar-refractivity contribution in [2.75, 3.05) is 0 Å². The van der Waals surface area contributed by atoms with Crippen molar-refractivity contribution in [1.29, 1.82) is 0 Å². The molecule has 4 nitrogen and oxygen atoms in total. The topological polar surface area (TPSA) is 70.4 Å². The smallest absolute Gasteiger partial charge is 0.336 e. The summed E-state index contributed by atoms with van der Waals surface area (Å²) in [6.45, 7) is -0.0507. The van der Waals surface area contributed by atoms with E-state index in [1.165, 1.54) is 12.3 Å². The maximum atomic E-state index is 11.1. The Hall–Kier alpha value is -1.91. The molecule has 0 saturated heterocycles. The number of rotatable bonds is 3. The Morgan fingerprint density at radius 3 is 2.50 bits per heavy atom. The van der Waals surface area contributed by atoms with Gasteiger partial charge in [-0.05, 0) is 17.2 Å². The summed E-state index contributed by atoms with van der Waals surface area (Å²) in [6, 6.07) is 8.26. The monoisotopic (exact) mass is 263 g/mol. The zero-order valence-corrected chi connectivity index (χ0v) is 10.1. The third-order valence-electron chi connectivity index (χ3n) is 2.55. The number of carboxylic acids is 1. The number of aliphatic hydroxyl groups excluding tert-OH is 1. The van der Waals surface area contributed by atoms with E-state index in [1.807, 2.05) is 0 Å². The lowest BCUT2D eigenvalue weighted by Gasteiger charge is -2.06. The number of carbonyl (C=O) groups is 1. The summed E-state index contributed by atoms with van der Waals surface area (Å²) >= 11 is 5.69. The van der Waals surface area contributed by atoms with Gasteiger partial charge in [0.2, 0.25) is 0 Å². The van der Waals surface area contributed by atoms with E-state index in [0.717, 1.165) is 5.56 Å². The van der Waals surface area contributed by atoms with Crippen LogP contribution in [0.3, 0.4) is 0 Å². The highest BCUT2D eigenvalue weighted by molar-refractivity contribution is 6.29. The molecular weight excluding hydrogens is 254 g/mol. The van der Waals surface area contributed by atoms with Crippen molar-refractivity contribution in [2.45, 2.75) is 6.61 Å². The lowest BCUT2D eigenvalue weighted by atomic mass is 10.0. The van der Waals surface area contributed by atoms with Gasteiger partial charge in [-0.3, -0.25) is 0 Å². The van der Waals surface area contributed by atoms with E-state index in [1.54, 1.807) is 24.3 Å². The standard InChI is InChI=1S/C13H10ClNO3/c14-12-5-10(13(17)18)11(6-15-12)9-3-1-8(7-16)2-4-9/h1-6,16H,7H2,(H,17,18). The van der Waals surface area contributed by atoms with E-state index in [9.17, 15) is 4.79 Å². The van der Waals surface area contributed by atoms with Crippen molar-refractivity contribution in [3.63, 3.8) is 0 Å². The van der Waals surface area contributed by atoms with Crippen LogP contribution in [0.5, 0.6) is 0 Å². The summed E-state index contributed by atoms with van der Waals surface area (Å²) in [7, 11) is 0. The van der Waals surface area contributed by atoms with Crippen LogP contribution < -0.4 is 0 Å². The van der Waals surface area contributed by atoms with Crippen molar-refractivity contribution >= 4 is 17.6 Å². The van der Waals surface area contributed by atoms with E-state index < -0.39 is 5.97 Å². The SMILES string of the molecule is O=C(O)c1cc(Cl)ncc1-c1ccc(CO)cc1. The summed E-state index contributed by atoms with van der Waals surface area (Å²) in [5, 5.41) is 18.2. The van der Waals surface area contributed by atoms with Gasteiger partial charge in [0.05, 0.1) is 12.2 Å². The van der Waals surface area contributed by atoms with Gasteiger partial charge in [-0.15, -0.1) is 0 Å². The van der Waals surface area contributed by atoms with Gasteiger partial charge in [-0.2, -0.15) is 0 Å². The third-order valence-corrected chi connectivity index (χ3v) is 2.76. The predicted molar refractivity (Wildman–Crippen MR) is 67.6 cm³/mol. The number of hydrogen-bond acceptors (Lipinski definition) is 3. The molecule has 18 heavy (non-hydrogen) atoms. The number of pyridine rings is 1. The molecule has 1 aromatic heterocycles. The molecular formula is C13H10ClNO3. The molecule has 0 aliphatic heterocycles. The van der Waals surface area contributed by atoms with E-state index >= 15 is 0 Å². The largest absolute Gasteiger partial charge is 0.478 e. The lowest BCUT2D eigenvalue weighted by molar-refractivity contribution is 0.0697. The molecule has 2 rings (SSSR count). The van der Waals surface area contributed by atoms with Crippen LogP contribution in [0.1, 0.15) is 15.9 Å². The molecule has 0 radical (unpaired) electrons. The maximum absolute atomic E-state index is 11.1. The number of carboxylic acid groups (broad SMARTS) is 1. The van der Waals surface area contributed by atoms with Gasteiger partial charge in [0.15, 0.2) is 0 Å². The van der Waals surface area contributed by atoms with Crippen molar-refractivity contribution in [1.82, 2.24) is 4.98 Å². The quantitative estimate of drug-likeness (QED) is 0.835. The Balaban J connectivity index is 2.52. The van der Waals surface area contributed by atoms with Gasteiger partial charge in [-0.25, -0.2) is 9.78 Å². The molecule has 0 aliphatic carbocycles. The van der Waals surface area contributed by atoms with Crippen LogP contribution in [0.4, 0.5) is 0 Å². The van der Waals surface area contributed by atoms with Gasteiger partial charge < -0.3 is 10.2 Å².